The fourth-order valence-electron chi connectivity index (χ4n) is 1.07. The van der Waals surface area contributed by atoms with Gasteiger partial charge in [-0.15, -0.1) is 6.58 Å². The summed E-state index contributed by atoms with van der Waals surface area (Å²) < 4.78 is 22.5. The first-order valence-corrected chi connectivity index (χ1v) is 7.04. The van der Waals surface area contributed by atoms with E-state index in [0.29, 0.717) is 6.54 Å². The van der Waals surface area contributed by atoms with Crippen LogP contribution in [0, 0.1) is 0 Å². The highest BCUT2D eigenvalue weighted by Crippen LogP contribution is 1.93. The Hall–Kier alpha value is -0.880. The van der Waals surface area contributed by atoms with Gasteiger partial charge in [0.05, 0.1) is 12.3 Å². The molecule has 0 fully saturated rings. The van der Waals surface area contributed by atoms with Crippen LogP contribution in [-0.2, 0) is 14.6 Å². The highest BCUT2D eigenvalue weighted by atomic mass is 32.2. The monoisotopic (exact) mass is 248 g/mol. The lowest BCUT2D eigenvalue weighted by atomic mass is 10.4. The molecule has 2 N–H and O–H groups in total. The van der Waals surface area contributed by atoms with Gasteiger partial charge in [-0.25, -0.2) is 8.42 Å². The second-order valence-electron chi connectivity index (χ2n) is 3.57. The second-order valence-corrected chi connectivity index (χ2v) is 5.97. The predicted molar refractivity (Wildman–Crippen MR) is 65.0 cm³/mol. The number of sulfone groups is 1. The van der Waals surface area contributed by atoms with Crippen molar-refractivity contribution < 1.29 is 13.2 Å². The summed E-state index contributed by atoms with van der Waals surface area (Å²) in [4.78, 5) is 11.2. The van der Waals surface area contributed by atoms with Gasteiger partial charge in [0.15, 0.2) is 9.84 Å². The van der Waals surface area contributed by atoms with Gasteiger partial charge in [-0.3, -0.25) is 4.79 Å². The quantitative estimate of drug-likeness (QED) is 0.578. The Morgan fingerprint density at radius 2 is 2.12 bits per heavy atom. The molecule has 6 heteroatoms. The minimum absolute atomic E-state index is 0.0538. The molecule has 1 amide bonds. The summed E-state index contributed by atoms with van der Waals surface area (Å²) in [5.74, 6) is 0.0144. The van der Waals surface area contributed by atoms with Crippen LogP contribution in [0.1, 0.15) is 13.8 Å². The average molecular weight is 248 g/mol. The van der Waals surface area contributed by atoms with E-state index in [9.17, 15) is 13.2 Å². The van der Waals surface area contributed by atoms with Crippen molar-refractivity contribution in [1.29, 1.82) is 0 Å². The minimum atomic E-state index is -2.99. The fourth-order valence-corrected chi connectivity index (χ4v) is 2.19. The van der Waals surface area contributed by atoms with Gasteiger partial charge in [0.2, 0.25) is 5.91 Å². The third-order valence-electron chi connectivity index (χ3n) is 2.00. The average Bonchev–Trinajstić information content (AvgIpc) is 2.23. The summed E-state index contributed by atoms with van der Waals surface area (Å²) in [7, 11) is -2.99. The number of hydrogen-bond donors (Lipinski definition) is 2. The number of rotatable bonds is 8. The molecule has 16 heavy (non-hydrogen) atoms. The van der Waals surface area contributed by atoms with Gasteiger partial charge in [-0.05, 0) is 6.92 Å². The molecular formula is C10H20N2O3S. The van der Waals surface area contributed by atoms with E-state index in [1.54, 1.807) is 19.9 Å². The van der Waals surface area contributed by atoms with Crippen LogP contribution in [-0.4, -0.2) is 45.0 Å². The zero-order valence-electron chi connectivity index (χ0n) is 9.82. The molecule has 0 aromatic carbocycles. The van der Waals surface area contributed by atoms with Crippen molar-refractivity contribution in [1.82, 2.24) is 10.6 Å². The summed E-state index contributed by atoms with van der Waals surface area (Å²) in [5, 5.41) is 5.45. The lowest BCUT2D eigenvalue weighted by molar-refractivity contribution is -0.120. The first kappa shape index (κ1) is 15.1. The molecule has 0 saturated heterocycles. The Morgan fingerprint density at radius 1 is 1.50 bits per heavy atom. The molecule has 0 rings (SSSR count). The van der Waals surface area contributed by atoms with E-state index in [1.807, 2.05) is 0 Å². The molecule has 0 aliphatic carbocycles. The summed E-state index contributed by atoms with van der Waals surface area (Å²) in [6.45, 7) is 7.37. The number of nitrogens with one attached hydrogen (secondary N) is 2. The molecule has 0 aliphatic heterocycles. The summed E-state index contributed by atoms with van der Waals surface area (Å²) in [6.07, 6.45) is 1.59. The van der Waals surface area contributed by atoms with Gasteiger partial charge >= 0.3 is 0 Å². The molecule has 5 nitrogen and oxygen atoms in total. The highest BCUT2D eigenvalue weighted by molar-refractivity contribution is 7.91. The van der Waals surface area contributed by atoms with Crippen molar-refractivity contribution in [3.8, 4) is 0 Å². The van der Waals surface area contributed by atoms with Crippen LogP contribution in [0.15, 0.2) is 12.7 Å². The number of carbonyl (C=O) groups excluding carboxylic acids is 1. The lowest BCUT2D eigenvalue weighted by Gasteiger charge is -2.12. The van der Waals surface area contributed by atoms with E-state index in [2.05, 4.69) is 17.2 Å². The van der Waals surface area contributed by atoms with E-state index in [4.69, 9.17) is 0 Å². The maximum Gasteiger partial charge on any atom is 0.234 e. The molecule has 0 bridgehead atoms. The zero-order chi connectivity index (χ0) is 12.6. The SMILES string of the molecule is C=CCNC(=O)CNC(C)CS(=O)(=O)CC. The van der Waals surface area contributed by atoms with E-state index >= 15 is 0 Å². The van der Waals surface area contributed by atoms with E-state index in [0.717, 1.165) is 0 Å². The topological polar surface area (TPSA) is 75.3 Å². The standard InChI is InChI=1S/C10H20N2O3S/c1-4-6-11-10(13)7-12-9(3)8-16(14,15)5-2/h4,9,12H,1,5-8H2,2-3H3,(H,11,13). The molecule has 0 saturated carbocycles. The van der Waals surface area contributed by atoms with Gasteiger partial charge in [-0.1, -0.05) is 13.0 Å². The fraction of sp³-hybridized carbons (Fsp3) is 0.700. The summed E-state index contributed by atoms with van der Waals surface area (Å²) in [6, 6.07) is -0.223. The lowest BCUT2D eigenvalue weighted by Crippen LogP contribution is -2.41. The van der Waals surface area contributed by atoms with Crippen molar-refractivity contribution in [2.24, 2.45) is 0 Å². The van der Waals surface area contributed by atoms with Gasteiger partial charge in [-0.2, -0.15) is 0 Å². The number of hydrogen-bond acceptors (Lipinski definition) is 4. The molecule has 1 unspecified atom stereocenters. The van der Waals surface area contributed by atoms with Crippen LogP contribution < -0.4 is 10.6 Å². The first-order chi connectivity index (χ1) is 7.41. The van der Waals surface area contributed by atoms with Crippen molar-refractivity contribution in [2.45, 2.75) is 19.9 Å². The molecule has 0 aromatic rings. The molecule has 1 atom stereocenters. The zero-order valence-corrected chi connectivity index (χ0v) is 10.6. The van der Waals surface area contributed by atoms with E-state index in [1.165, 1.54) is 0 Å². The molecule has 0 heterocycles. The summed E-state index contributed by atoms with van der Waals surface area (Å²) >= 11 is 0. The Labute approximate surface area is 97.2 Å². The van der Waals surface area contributed by atoms with Crippen molar-refractivity contribution in [2.75, 3.05) is 24.6 Å². The van der Waals surface area contributed by atoms with E-state index < -0.39 is 9.84 Å². The summed E-state index contributed by atoms with van der Waals surface area (Å²) in [5.41, 5.74) is 0. The second kappa shape index (κ2) is 7.40. The van der Waals surface area contributed by atoms with Crippen molar-refractivity contribution >= 4 is 15.7 Å². The van der Waals surface area contributed by atoms with Gasteiger partial charge in [0.25, 0.3) is 0 Å². The maximum absolute atomic E-state index is 11.3. The molecule has 0 aliphatic rings. The normalized spacial score (nSPS) is 13.1. The molecule has 94 valence electrons. The van der Waals surface area contributed by atoms with Crippen molar-refractivity contribution in [3.63, 3.8) is 0 Å². The minimum Gasteiger partial charge on any atom is -0.352 e. The van der Waals surface area contributed by atoms with Crippen LogP contribution >= 0.6 is 0 Å². The van der Waals surface area contributed by atoms with Gasteiger partial charge < -0.3 is 10.6 Å². The first-order valence-electron chi connectivity index (χ1n) is 5.22. The molecule has 0 aromatic heterocycles. The van der Waals surface area contributed by atoms with Crippen LogP contribution in [0.5, 0.6) is 0 Å². The van der Waals surface area contributed by atoms with E-state index in [-0.39, 0.29) is 30.0 Å². The molecular weight excluding hydrogens is 228 g/mol. The van der Waals surface area contributed by atoms with Gasteiger partial charge in [0.1, 0.15) is 0 Å². The predicted octanol–water partition coefficient (Wildman–Crippen LogP) is -0.299. The molecule has 0 radical (unpaired) electrons. The largest absolute Gasteiger partial charge is 0.352 e. The molecule has 0 spiro atoms. The third kappa shape index (κ3) is 7.42. The third-order valence-corrected chi connectivity index (χ3v) is 3.89. The van der Waals surface area contributed by atoms with Gasteiger partial charge in [0, 0.05) is 18.3 Å². The Balaban J connectivity index is 3.85. The van der Waals surface area contributed by atoms with Crippen LogP contribution in [0.4, 0.5) is 0 Å². The van der Waals surface area contributed by atoms with Crippen LogP contribution in [0.3, 0.4) is 0 Å². The highest BCUT2D eigenvalue weighted by Gasteiger charge is 2.13. The maximum atomic E-state index is 11.3. The van der Waals surface area contributed by atoms with Crippen LogP contribution in [0.25, 0.3) is 0 Å². The van der Waals surface area contributed by atoms with Crippen LogP contribution in [0.2, 0.25) is 0 Å². The number of carbonyl (C=O) groups is 1. The van der Waals surface area contributed by atoms with Crippen molar-refractivity contribution in [3.05, 3.63) is 12.7 Å². The smallest absolute Gasteiger partial charge is 0.234 e. The Kier molecular flexibility index (Phi) is 7.00. The Bertz CT molecular complexity index is 325. The number of amides is 1. The Morgan fingerprint density at radius 3 is 2.62 bits per heavy atom.